The minimum Gasteiger partial charge on any atom is -0.480 e. The van der Waals surface area contributed by atoms with Crippen molar-refractivity contribution < 1.29 is 19.4 Å². The van der Waals surface area contributed by atoms with E-state index in [1.807, 2.05) is 24.3 Å². The zero-order valence-corrected chi connectivity index (χ0v) is 14.2. The van der Waals surface area contributed by atoms with E-state index in [1.54, 1.807) is 0 Å². The number of carboxylic acid groups (broad SMARTS) is 1. The number of benzene rings is 2. The first kappa shape index (κ1) is 15.4. The highest BCUT2D eigenvalue weighted by Gasteiger charge is 2.57. The molecule has 3 aliphatic rings. The molecule has 2 aromatic carbocycles. The molecule has 5 rings (SSSR count). The second-order valence-electron chi connectivity index (χ2n) is 7.36. The molecule has 2 aliphatic carbocycles. The second kappa shape index (κ2) is 5.59. The molecule has 0 spiro atoms. The topological polar surface area (TPSA) is 66.8 Å². The van der Waals surface area contributed by atoms with Crippen LogP contribution in [0.3, 0.4) is 0 Å². The van der Waals surface area contributed by atoms with Crippen molar-refractivity contribution in [2.45, 2.75) is 30.8 Å². The van der Waals surface area contributed by atoms with E-state index in [1.165, 1.54) is 16.0 Å². The van der Waals surface area contributed by atoms with Gasteiger partial charge in [-0.25, -0.2) is 9.59 Å². The van der Waals surface area contributed by atoms with Crippen molar-refractivity contribution in [1.82, 2.24) is 4.90 Å². The molecule has 1 heterocycles. The van der Waals surface area contributed by atoms with Crippen molar-refractivity contribution in [1.29, 1.82) is 0 Å². The van der Waals surface area contributed by atoms with Crippen LogP contribution in [0.5, 0.6) is 0 Å². The molecule has 0 aromatic heterocycles. The van der Waals surface area contributed by atoms with Crippen LogP contribution in [0.2, 0.25) is 0 Å². The Labute approximate surface area is 151 Å². The first-order chi connectivity index (χ1) is 12.6. The van der Waals surface area contributed by atoms with Gasteiger partial charge in [-0.15, -0.1) is 0 Å². The molecule has 0 radical (unpaired) electrons. The highest BCUT2D eigenvalue weighted by Crippen LogP contribution is 2.48. The lowest BCUT2D eigenvalue weighted by Crippen LogP contribution is -2.43. The summed E-state index contributed by atoms with van der Waals surface area (Å²) in [5.74, 6) is -0.616. The van der Waals surface area contributed by atoms with Crippen LogP contribution in [-0.2, 0) is 9.53 Å². The number of likely N-dealkylation sites (tertiary alicyclic amines) is 1. The highest BCUT2D eigenvalue weighted by molar-refractivity contribution is 5.82. The van der Waals surface area contributed by atoms with Gasteiger partial charge in [-0.05, 0) is 41.0 Å². The number of carbonyl (C=O) groups is 2. The molecule has 3 atom stereocenters. The molecule has 5 nitrogen and oxygen atoms in total. The minimum absolute atomic E-state index is 0.00719. The van der Waals surface area contributed by atoms with Crippen LogP contribution in [-0.4, -0.2) is 40.8 Å². The van der Waals surface area contributed by atoms with Crippen molar-refractivity contribution in [2.75, 3.05) is 6.61 Å². The van der Waals surface area contributed by atoms with Crippen LogP contribution in [0.25, 0.3) is 11.1 Å². The van der Waals surface area contributed by atoms with Gasteiger partial charge in [0, 0.05) is 12.0 Å². The van der Waals surface area contributed by atoms with Crippen molar-refractivity contribution in [3.8, 4) is 11.1 Å². The number of carboxylic acids is 1. The summed E-state index contributed by atoms with van der Waals surface area (Å²) < 4.78 is 5.62. The van der Waals surface area contributed by atoms with Gasteiger partial charge in [-0.3, -0.25) is 4.90 Å². The van der Waals surface area contributed by atoms with Crippen LogP contribution in [0.15, 0.2) is 48.5 Å². The number of carbonyl (C=O) groups excluding carboxylic acids is 1. The van der Waals surface area contributed by atoms with Crippen LogP contribution in [0, 0.1) is 5.92 Å². The van der Waals surface area contributed by atoms with Crippen molar-refractivity contribution in [2.24, 2.45) is 5.92 Å². The number of ether oxygens (including phenoxy) is 1. The number of hydrogen-bond acceptors (Lipinski definition) is 3. The van der Waals surface area contributed by atoms with Gasteiger partial charge >= 0.3 is 12.1 Å². The molecule has 2 aromatic rings. The van der Waals surface area contributed by atoms with Crippen molar-refractivity contribution >= 4 is 12.1 Å². The summed E-state index contributed by atoms with van der Waals surface area (Å²) in [4.78, 5) is 25.5. The molecular weight excluding hydrogens is 330 g/mol. The molecule has 1 unspecified atom stereocenters. The van der Waals surface area contributed by atoms with Gasteiger partial charge in [0.1, 0.15) is 12.6 Å². The van der Waals surface area contributed by atoms with Crippen molar-refractivity contribution in [3.63, 3.8) is 0 Å². The van der Waals surface area contributed by atoms with Crippen LogP contribution < -0.4 is 0 Å². The largest absolute Gasteiger partial charge is 0.480 e. The maximum absolute atomic E-state index is 12.6. The van der Waals surface area contributed by atoms with Crippen molar-refractivity contribution in [3.05, 3.63) is 59.7 Å². The Morgan fingerprint density at radius 2 is 1.62 bits per heavy atom. The number of amides is 1. The zero-order chi connectivity index (χ0) is 17.8. The first-order valence-corrected chi connectivity index (χ1v) is 9.01. The smallest absolute Gasteiger partial charge is 0.410 e. The molecule has 132 valence electrons. The third-order valence-corrected chi connectivity index (χ3v) is 5.94. The Bertz CT molecular complexity index is 863. The SMILES string of the molecule is O=C(O)[C@@H]1CC2C[C@H]2N1C(=O)OCC1c2ccccc2-c2ccccc21. The van der Waals surface area contributed by atoms with Gasteiger partial charge in [0.25, 0.3) is 0 Å². The Morgan fingerprint density at radius 3 is 2.23 bits per heavy atom. The predicted molar refractivity (Wildman–Crippen MR) is 94.8 cm³/mol. The molecule has 1 saturated carbocycles. The number of aliphatic carboxylic acids is 1. The molecule has 1 aliphatic heterocycles. The lowest BCUT2D eigenvalue weighted by molar-refractivity contribution is -0.142. The number of fused-ring (bicyclic) bond motifs is 4. The Balaban J connectivity index is 1.37. The zero-order valence-electron chi connectivity index (χ0n) is 14.2. The van der Waals surface area contributed by atoms with Crippen LogP contribution in [0.1, 0.15) is 29.9 Å². The molecule has 1 amide bonds. The fourth-order valence-corrected chi connectivity index (χ4v) is 4.61. The third kappa shape index (κ3) is 2.23. The van der Waals surface area contributed by atoms with E-state index < -0.39 is 18.1 Å². The molecule has 26 heavy (non-hydrogen) atoms. The molecule has 1 saturated heterocycles. The first-order valence-electron chi connectivity index (χ1n) is 9.01. The third-order valence-electron chi connectivity index (χ3n) is 5.94. The molecule has 0 bridgehead atoms. The van der Waals surface area contributed by atoms with Crippen LogP contribution in [0.4, 0.5) is 4.79 Å². The number of nitrogens with zero attached hydrogens (tertiary/aromatic N) is 1. The average Bonchev–Trinajstić information content (AvgIpc) is 3.20. The molecular formula is C21H19NO4. The number of hydrogen-bond donors (Lipinski definition) is 1. The summed E-state index contributed by atoms with van der Waals surface area (Å²) in [6.07, 6.45) is 0.947. The lowest BCUT2D eigenvalue weighted by Gasteiger charge is -2.24. The van der Waals surface area contributed by atoms with Gasteiger partial charge in [-0.2, -0.15) is 0 Å². The fraction of sp³-hybridized carbons (Fsp3) is 0.333. The van der Waals surface area contributed by atoms with Gasteiger partial charge in [0.15, 0.2) is 0 Å². The quantitative estimate of drug-likeness (QED) is 0.921. The normalized spacial score (nSPS) is 25.4. The summed E-state index contributed by atoms with van der Waals surface area (Å²) in [7, 11) is 0. The maximum atomic E-state index is 12.6. The Hall–Kier alpha value is -2.82. The lowest BCUT2D eigenvalue weighted by atomic mass is 9.98. The number of piperidine rings is 1. The van der Waals surface area contributed by atoms with Gasteiger partial charge in [-0.1, -0.05) is 48.5 Å². The Kier molecular flexibility index (Phi) is 3.32. The minimum atomic E-state index is -0.939. The summed E-state index contributed by atoms with van der Waals surface area (Å²) in [6.45, 7) is 0.229. The van der Waals surface area contributed by atoms with E-state index in [9.17, 15) is 14.7 Å². The van der Waals surface area contributed by atoms with Crippen LogP contribution >= 0.6 is 0 Å². The number of rotatable bonds is 3. The molecule has 5 heteroatoms. The summed E-state index contributed by atoms with van der Waals surface area (Å²) in [5, 5.41) is 9.36. The van der Waals surface area contributed by atoms with E-state index in [0.717, 1.165) is 17.5 Å². The monoisotopic (exact) mass is 349 g/mol. The Morgan fingerprint density at radius 1 is 1.00 bits per heavy atom. The van der Waals surface area contributed by atoms with E-state index in [-0.39, 0.29) is 18.6 Å². The second-order valence-corrected chi connectivity index (χ2v) is 7.36. The fourth-order valence-electron chi connectivity index (χ4n) is 4.61. The standard InChI is InChI=1S/C21H19NO4/c23-20(24)19-10-12-9-18(12)22(19)21(25)26-11-17-15-7-3-1-5-13(15)14-6-2-4-8-16(14)17/h1-8,12,17-19H,9-11H2,(H,23,24)/t12?,18-,19+/m1/s1. The molecule has 2 fully saturated rings. The maximum Gasteiger partial charge on any atom is 0.410 e. The summed E-state index contributed by atoms with van der Waals surface area (Å²) in [5.41, 5.74) is 4.66. The van der Waals surface area contributed by atoms with Gasteiger partial charge in [0.05, 0.1) is 0 Å². The predicted octanol–water partition coefficient (Wildman–Crippen LogP) is 3.48. The highest BCUT2D eigenvalue weighted by atomic mass is 16.6. The average molecular weight is 349 g/mol. The van der Waals surface area contributed by atoms with E-state index >= 15 is 0 Å². The van der Waals surface area contributed by atoms with Gasteiger partial charge < -0.3 is 9.84 Å². The van der Waals surface area contributed by atoms with E-state index in [0.29, 0.717) is 12.3 Å². The summed E-state index contributed by atoms with van der Waals surface area (Å²) >= 11 is 0. The summed E-state index contributed by atoms with van der Waals surface area (Å²) in [6, 6.07) is 15.6. The van der Waals surface area contributed by atoms with E-state index in [4.69, 9.17) is 4.74 Å². The molecule has 1 N–H and O–H groups in total. The van der Waals surface area contributed by atoms with E-state index in [2.05, 4.69) is 24.3 Å². The van der Waals surface area contributed by atoms with Gasteiger partial charge in [0.2, 0.25) is 0 Å².